The first-order valence-corrected chi connectivity index (χ1v) is 10.5. The van der Waals surface area contributed by atoms with Gasteiger partial charge in [0.1, 0.15) is 0 Å². The second-order valence-corrected chi connectivity index (χ2v) is 8.91. The summed E-state index contributed by atoms with van der Waals surface area (Å²) in [5.74, 6) is 0. The summed E-state index contributed by atoms with van der Waals surface area (Å²) in [6.45, 7) is 6.83. The Bertz CT molecular complexity index is 1340. The molecule has 0 radical (unpaired) electrons. The second-order valence-electron chi connectivity index (χ2n) is 8.91. The lowest BCUT2D eigenvalue weighted by molar-refractivity contribution is 0.591. The average Bonchev–Trinajstić information content (AvgIpc) is 2.77. The molecule has 0 spiro atoms. The zero-order valence-electron chi connectivity index (χ0n) is 17.7. The molecule has 0 atom stereocenters. The van der Waals surface area contributed by atoms with E-state index >= 15 is 0 Å². The fraction of sp³-hybridized carbons (Fsp3) is 0.138. The predicted octanol–water partition coefficient (Wildman–Crippen LogP) is 8.02. The first kappa shape index (κ1) is 18.6. The Morgan fingerprint density at radius 2 is 1.13 bits per heavy atom. The van der Waals surface area contributed by atoms with E-state index in [1.807, 2.05) is 12.4 Å². The van der Waals surface area contributed by atoms with Gasteiger partial charge in [0.2, 0.25) is 0 Å². The number of nitrogens with zero attached hydrogens (tertiary/aromatic N) is 1. The lowest BCUT2D eigenvalue weighted by Crippen LogP contribution is -2.10. The molecule has 5 aromatic rings. The van der Waals surface area contributed by atoms with Crippen LogP contribution < -0.4 is 0 Å². The number of hydrogen-bond donors (Lipinski definition) is 0. The van der Waals surface area contributed by atoms with Crippen molar-refractivity contribution in [1.82, 2.24) is 4.98 Å². The van der Waals surface area contributed by atoms with E-state index in [1.165, 1.54) is 49.4 Å². The van der Waals surface area contributed by atoms with E-state index in [0.29, 0.717) is 0 Å². The summed E-state index contributed by atoms with van der Waals surface area (Å²) in [5, 5.41) is 5.01. The fourth-order valence-corrected chi connectivity index (χ4v) is 4.37. The van der Waals surface area contributed by atoms with Gasteiger partial charge in [0.25, 0.3) is 0 Å². The van der Waals surface area contributed by atoms with Crippen molar-refractivity contribution in [1.29, 1.82) is 0 Å². The normalized spacial score (nSPS) is 11.8. The maximum absolute atomic E-state index is 4.50. The van der Waals surface area contributed by atoms with E-state index < -0.39 is 0 Å². The highest BCUT2D eigenvalue weighted by Gasteiger charge is 2.20. The molecule has 0 aliphatic heterocycles. The van der Waals surface area contributed by atoms with Crippen molar-refractivity contribution in [3.8, 4) is 22.3 Å². The van der Waals surface area contributed by atoms with Crippen LogP contribution in [0.25, 0.3) is 43.8 Å². The molecule has 0 N–H and O–H groups in total. The molecule has 1 nitrogen and oxygen atoms in total. The van der Waals surface area contributed by atoms with Crippen molar-refractivity contribution in [3.63, 3.8) is 0 Å². The Morgan fingerprint density at radius 1 is 0.567 bits per heavy atom. The van der Waals surface area contributed by atoms with Crippen molar-refractivity contribution >= 4 is 21.5 Å². The molecule has 0 aliphatic rings. The predicted molar refractivity (Wildman–Crippen MR) is 129 cm³/mol. The van der Waals surface area contributed by atoms with E-state index in [2.05, 4.69) is 111 Å². The highest BCUT2D eigenvalue weighted by atomic mass is 14.6. The SMILES string of the molecule is CC(C)(C)c1ccc2c(-c3ccccc3)c3cnccc3c(-c3ccccc3)c2c1. The van der Waals surface area contributed by atoms with Gasteiger partial charge in [-0.25, -0.2) is 0 Å². The van der Waals surface area contributed by atoms with E-state index in [0.717, 1.165) is 0 Å². The molecule has 1 heteroatoms. The smallest absolute Gasteiger partial charge is 0.0353 e. The van der Waals surface area contributed by atoms with Gasteiger partial charge in [0.15, 0.2) is 0 Å². The molecular formula is C29H25N. The van der Waals surface area contributed by atoms with Crippen LogP contribution in [0, 0.1) is 0 Å². The van der Waals surface area contributed by atoms with Gasteiger partial charge in [0, 0.05) is 17.8 Å². The summed E-state index contributed by atoms with van der Waals surface area (Å²) in [4.78, 5) is 4.50. The maximum atomic E-state index is 4.50. The highest BCUT2D eigenvalue weighted by molar-refractivity contribution is 6.21. The molecule has 0 saturated carbocycles. The van der Waals surface area contributed by atoms with E-state index in [-0.39, 0.29) is 5.41 Å². The summed E-state index contributed by atoms with van der Waals surface area (Å²) in [6, 6.07) is 30.6. The van der Waals surface area contributed by atoms with Crippen LogP contribution in [0.5, 0.6) is 0 Å². The van der Waals surface area contributed by atoms with Gasteiger partial charge in [-0.2, -0.15) is 0 Å². The number of pyridine rings is 1. The van der Waals surface area contributed by atoms with Crippen LogP contribution in [0.1, 0.15) is 26.3 Å². The van der Waals surface area contributed by atoms with Crippen LogP contribution in [0.15, 0.2) is 97.3 Å². The molecule has 30 heavy (non-hydrogen) atoms. The van der Waals surface area contributed by atoms with Crippen LogP contribution in [0.4, 0.5) is 0 Å². The average molecular weight is 388 g/mol. The summed E-state index contributed by atoms with van der Waals surface area (Å²) in [6.07, 6.45) is 3.92. The van der Waals surface area contributed by atoms with Gasteiger partial charge in [-0.3, -0.25) is 4.98 Å². The Morgan fingerprint density at radius 3 is 1.73 bits per heavy atom. The minimum Gasteiger partial charge on any atom is -0.264 e. The first-order chi connectivity index (χ1) is 14.5. The highest BCUT2D eigenvalue weighted by Crippen LogP contribution is 2.44. The van der Waals surface area contributed by atoms with Gasteiger partial charge in [-0.05, 0) is 61.5 Å². The number of benzene rings is 4. The van der Waals surface area contributed by atoms with Gasteiger partial charge >= 0.3 is 0 Å². The van der Waals surface area contributed by atoms with Crippen LogP contribution in [-0.2, 0) is 5.41 Å². The first-order valence-electron chi connectivity index (χ1n) is 10.5. The standard InChI is InChI=1S/C29H25N/c1-29(2,3)22-14-15-23-25(18-22)27(20-10-6-4-7-11-20)24-16-17-30-19-26(24)28(23)21-12-8-5-9-13-21/h4-19H,1-3H3. The summed E-state index contributed by atoms with van der Waals surface area (Å²) < 4.78 is 0. The number of hydrogen-bond acceptors (Lipinski definition) is 1. The lowest BCUT2D eigenvalue weighted by Gasteiger charge is -2.22. The molecule has 4 aromatic carbocycles. The van der Waals surface area contributed by atoms with Gasteiger partial charge in [-0.1, -0.05) is 93.6 Å². The fourth-order valence-electron chi connectivity index (χ4n) is 4.37. The van der Waals surface area contributed by atoms with Crippen LogP contribution >= 0.6 is 0 Å². The third kappa shape index (κ3) is 3.07. The van der Waals surface area contributed by atoms with Gasteiger partial charge in [-0.15, -0.1) is 0 Å². The van der Waals surface area contributed by atoms with Gasteiger partial charge < -0.3 is 0 Å². The van der Waals surface area contributed by atoms with E-state index in [1.54, 1.807) is 0 Å². The van der Waals surface area contributed by atoms with Crippen LogP contribution in [-0.4, -0.2) is 4.98 Å². The third-order valence-electron chi connectivity index (χ3n) is 5.91. The van der Waals surface area contributed by atoms with Crippen molar-refractivity contribution in [2.75, 3.05) is 0 Å². The van der Waals surface area contributed by atoms with Crippen molar-refractivity contribution in [2.45, 2.75) is 26.2 Å². The third-order valence-corrected chi connectivity index (χ3v) is 5.91. The molecule has 1 heterocycles. The van der Waals surface area contributed by atoms with Crippen LogP contribution in [0.3, 0.4) is 0 Å². The Balaban J connectivity index is 2.01. The molecule has 146 valence electrons. The molecule has 0 saturated heterocycles. The minimum absolute atomic E-state index is 0.0856. The van der Waals surface area contributed by atoms with Crippen molar-refractivity contribution in [3.05, 3.63) is 103 Å². The van der Waals surface area contributed by atoms with Crippen LogP contribution in [0.2, 0.25) is 0 Å². The number of rotatable bonds is 2. The lowest BCUT2D eigenvalue weighted by atomic mass is 9.81. The zero-order chi connectivity index (χ0) is 20.7. The summed E-state index contributed by atoms with van der Waals surface area (Å²) in [7, 11) is 0. The van der Waals surface area contributed by atoms with Gasteiger partial charge in [0.05, 0.1) is 0 Å². The Kier molecular flexibility index (Phi) is 4.40. The monoisotopic (exact) mass is 387 g/mol. The Labute approximate surface area is 178 Å². The molecule has 1 aromatic heterocycles. The van der Waals surface area contributed by atoms with E-state index in [9.17, 15) is 0 Å². The van der Waals surface area contributed by atoms with Crippen molar-refractivity contribution < 1.29 is 0 Å². The topological polar surface area (TPSA) is 12.9 Å². The number of fused-ring (bicyclic) bond motifs is 2. The molecule has 0 aliphatic carbocycles. The zero-order valence-corrected chi connectivity index (χ0v) is 17.7. The summed E-state index contributed by atoms with van der Waals surface area (Å²) >= 11 is 0. The second kappa shape index (κ2) is 7.11. The molecule has 0 fully saturated rings. The minimum atomic E-state index is 0.0856. The summed E-state index contributed by atoms with van der Waals surface area (Å²) in [5.41, 5.74) is 6.44. The Hall–Kier alpha value is -3.45. The molecule has 5 rings (SSSR count). The molecule has 0 amide bonds. The van der Waals surface area contributed by atoms with Crippen molar-refractivity contribution in [2.24, 2.45) is 0 Å². The maximum Gasteiger partial charge on any atom is 0.0353 e. The molecule has 0 bridgehead atoms. The number of aromatic nitrogens is 1. The quantitative estimate of drug-likeness (QED) is 0.279. The van der Waals surface area contributed by atoms with E-state index in [4.69, 9.17) is 0 Å². The molecular weight excluding hydrogens is 362 g/mol. The largest absolute Gasteiger partial charge is 0.264 e. The molecule has 0 unspecified atom stereocenters.